The lowest BCUT2D eigenvalue weighted by Crippen LogP contribution is -2.44. The van der Waals surface area contributed by atoms with E-state index in [9.17, 15) is 0 Å². The molecule has 0 amide bonds. The fourth-order valence-electron chi connectivity index (χ4n) is 2.39. The largest absolute Gasteiger partial charge is 0.354 e. The van der Waals surface area contributed by atoms with Crippen LogP contribution in [0.5, 0.6) is 0 Å². The Morgan fingerprint density at radius 2 is 2.06 bits per heavy atom. The average Bonchev–Trinajstić information content (AvgIpc) is 3.13. The van der Waals surface area contributed by atoms with Crippen molar-refractivity contribution in [1.82, 2.24) is 15.3 Å². The first-order valence-corrected chi connectivity index (χ1v) is 6.61. The zero-order valence-corrected chi connectivity index (χ0v) is 10.4. The normalized spacial score (nSPS) is 20.6. The highest BCUT2D eigenvalue weighted by molar-refractivity contribution is 5.40. The quantitative estimate of drug-likeness (QED) is 0.848. The molecule has 0 radical (unpaired) electrons. The highest BCUT2D eigenvalue weighted by atomic mass is 15.2. The van der Waals surface area contributed by atoms with E-state index in [-0.39, 0.29) is 0 Å². The Labute approximate surface area is 102 Å². The predicted molar refractivity (Wildman–Crippen MR) is 68.3 cm³/mol. The van der Waals surface area contributed by atoms with Crippen LogP contribution in [0.2, 0.25) is 0 Å². The molecule has 1 saturated heterocycles. The van der Waals surface area contributed by atoms with Gasteiger partial charge in [0.05, 0.1) is 0 Å². The van der Waals surface area contributed by atoms with Crippen LogP contribution in [0, 0.1) is 12.8 Å². The molecule has 4 nitrogen and oxygen atoms in total. The minimum absolute atomic E-state index is 0.889. The van der Waals surface area contributed by atoms with E-state index < -0.39 is 0 Å². The molecule has 0 aromatic carbocycles. The Morgan fingerprint density at radius 3 is 2.76 bits per heavy atom. The predicted octanol–water partition coefficient (Wildman–Crippen LogP) is 1.15. The van der Waals surface area contributed by atoms with Gasteiger partial charge in [0.2, 0.25) is 0 Å². The van der Waals surface area contributed by atoms with Crippen molar-refractivity contribution in [2.45, 2.75) is 26.2 Å². The van der Waals surface area contributed by atoms with Crippen molar-refractivity contribution in [3.8, 4) is 0 Å². The number of aromatic nitrogens is 2. The summed E-state index contributed by atoms with van der Waals surface area (Å²) in [5.41, 5.74) is 1.23. The first-order chi connectivity index (χ1) is 8.31. The van der Waals surface area contributed by atoms with Crippen molar-refractivity contribution in [2.75, 3.05) is 31.1 Å². The first-order valence-electron chi connectivity index (χ1n) is 6.61. The number of nitrogens with one attached hydrogen (secondary N) is 1. The Hall–Kier alpha value is -1.16. The third-order valence-electron chi connectivity index (χ3n) is 3.51. The molecule has 1 saturated carbocycles. The Morgan fingerprint density at radius 1 is 1.29 bits per heavy atom. The third kappa shape index (κ3) is 2.75. The summed E-state index contributed by atoms with van der Waals surface area (Å²) >= 11 is 0. The Balaban J connectivity index is 1.79. The summed E-state index contributed by atoms with van der Waals surface area (Å²) in [5, 5.41) is 3.37. The molecule has 1 aromatic heterocycles. The summed E-state index contributed by atoms with van der Waals surface area (Å²) in [6.07, 6.45) is 3.90. The van der Waals surface area contributed by atoms with Crippen LogP contribution in [-0.4, -0.2) is 36.1 Å². The van der Waals surface area contributed by atoms with Crippen molar-refractivity contribution >= 4 is 5.82 Å². The first kappa shape index (κ1) is 11.0. The molecule has 2 fully saturated rings. The molecule has 0 atom stereocenters. The fraction of sp³-hybridized carbons (Fsp3) is 0.692. The van der Waals surface area contributed by atoms with Crippen molar-refractivity contribution in [3.63, 3.8) is 0 Å². The number of rotatable bonds is 3. The van der Waals surface area contributed by atoms with E-state index in [1.165, 1.54) is 18.5 Å². The molecular weight excluding hydrogens is 212 g/mol. The van der Waals surface area contributed by atoms with Crippen LogP contribution in [0.15, 0.2) is 6.07 Å². The second kappa shape index (κ2) is 4.61. The fourth-order valence-corrected chi connectivity index (χ4v) is 2.39. The van der Waals surface area contributed by atoms with E-state index in [4.69, 9.17) is 0 Å². The van der Waals surface area contributed by atoms with Gasteiger partial charge in [-0.3, -0.25) is 0 Å². The molecule has 17 heavy (non-hydrogen) atoms. The van der Waals surface area contributed by atoms with Gasteiger partial charge in [-0.05, 0) is 32.1 Å². The van der Waals surface area contributed by atoms with Gasteiger partial charge in [-0.15, -0.1) is 0 Å². The summed E-state index contributed by atoms with van der Waals surface area (Å²) < 4.78 is 0. The maximum atomic E-state index is 4.57. The number of piperazine rings is 1. The zero-order chi connectivity index (χ0) is 11.7. The monoisotopic (exact) mass is 232 g/mol. The number of hydrogen-bond donors (Lipinski definition) is 1. The summed E-state index contributed by atoms with van der Waals surface area (Å²) in [4.78, 5) is 11.5. The van der Waals surface area contributed by atoms with E-state index >= 15 is 0 Å². The average molecular weight is 232 g/mol. The van der Waals surface area contributed by atoms with Crippen molar-refractivity contribution in [3.05, 3.63) is 17.6 Å². The molecular formula is C13H20N4. The van der Waals surface area contributed by atoms with Crippen molar-refractivity contribution < 1.29 is 0 Å². The van der Waals surface area contributed by atoms with Crippen molar-refractivity contribution in [2.24, 2.45) is 5.92 Å². The molecule has 2 heterocycles. The van der Waals surface area contributed by atoms with E-state index in [1.807, 2.05) is 6.92 Å². The number of nitrogens with zero attached hydrogens (tertiary/aromatic N) is 3. The molecule has 0 unspecified atom stereocenters. The molecule has 3 rings (SSSR count). The van der Waals surface area contributed by atoms with Crippen LogP contribution in [0.25, 0.3) is 0 Å². The van der Waals surface area contributed by atoms with E-state index in [2.05, 4.69) is 26.3 Å². The van der Waals surface area contributed by atoms with Crippen LogP contribution < -0.4 is 10.2 Å². The third-order valence-corrected chi connectivity index (χ3v) is 3.51. The van der Waals surface area contributed by atoms with Crippen LogP contribution in [0.1, 0.15) is 24.4 Å². The van der Waals surface area contributed by atoms with Gasteiger partial charge >= 0.3 is 0 Å². The van der Waals surface area contributed by atoms with Gasteiger partial charge < -0.3 is 10.2 Å². The van der Waals surface area contributed by atoms with Crippen LogP contribution in [0.3, 0.4) is 0 Å². The summed E-state index contributed by atoms with van der Waals surface area (Å²) in [6, 6.07) is 2.19. The summed E-state index contributed by atoms with van der Waals surface area (Å²) in [6.45, 7) is 6.22. The van der Waals surface area contributed by atoms with Gasteiger partial charge in [0.1, 0.15) is 11.6 Å². The van der Waals surface area contributed by atoms with E-state index in [1.54, 1.807) is 0 Å². The molecule has 1 aliphatic heterocycles. The second-order valence-electron chi connectivity index (χ2n) is 5.15. The molecule has 1 aromatic rings. The van der Waals surface area contributed by atoms with Crippen LogP contribution in [0.4, 0.5) is 5.82 Å². The second-order valence-corrected chi connectivity index (χ2v) is 5.15. The van der Waals surface area contributed by atoms with Crippen LogP contribution >= 0.6 is 0 Å². The van der Waals surface area contributed by atoms with Gasteiger partial charge in [-0.25, -0.2) is 9.97 Å². The number of aryl methyl sites for hydroxylation is 1. The lowest BCUT2D eigenvalue weighted by Gasteiger charge is -2.28. The standard InChI is InChI=1S/C13H20N4/c1-10-15-12(8-11-2-3-11)9-13(16-10)17-6-4-14-5-7-17/h9,11,14H,2-8H2,1H3. The molecule has 1 aliphatic carbocycles. The summed E-state index contributed by atoms with van der Waals surface area (Å²) in [5.74, 6) is 2.92. The lowest BCUT2D eigenvalue weighted by atomic mass is 10.2. The SMILES string of the molecule is Cc1nc(CC2CC2)cc(N2CCNCC2)n1. The molecule has 92 valence electrons. The van der Waals surface area contributed by atoms with Gasteiger partial charge in [-0.2, -0.15) is 0 Å². The smallest absolute Gasteiger partial charge is 0.132 e. The molecule has 0 bridgehead atoms. The highest BCUT2D eigenvalue weighted by Gasteiger charge is 2.23. The van der Waals surface area contributed by atoms with Crippen LogP contribution in [-0.2, 0) is 6.42 Å². The van der Waals surface area contributed by atoms with Gasteiger partial charge in [-0.1, -0.05) is 0 Å². The van der Waals surface area contributed by atoms with Crippen molar-refractivity contribution in [1.29, 1.82) is 0 Å². The maximum Gasteiger partial charge on any atom is 0.132 e. The molecule has 4 heteroatoms. The Kier molecular flexibility index (Phi) is 2.97. The highest BCUT2D eigenvalue weighted by Crippen LogP contribution is 2.32. The van der Waals surface area contributed by atoms with E-state index in [0.717, 1.165) is 50.2 Å². The minimum atomic E-state index is 0.889. The summed E-state index contributed by atoms with van der Waals surface area (Å²) in [7, 11) is 0. The topological polar surface area (TPSA) is 41.1 Å². The van der Waals surface area contributed by atoms with E-state index in [0.29, 0.717) is 0 Å². The molecule has 0 spiro atoms. The zero-order valence-electron chi connectivity index (χ0n) is 10.4. The minimum Gasteiger partial charge on any atom is -0.354 e. The number of anilines is 1. The molecule has 2 aliphatic rings. The van der Waals surface area contributed by atoms with Gasteiger partial charge in [0.15, 0.2) is 0 Å². The maximum absolute atomic E-state index is 4.57. The van der Waals surface area contributed by atoms with Gasteiger partial charge in [0.25, 0.3) is 0 Å². The Bertz CT molecular complexity index is 394. The number of hydrogen-bond acceptors (Lipinski definition) is 4. The van der Waals surface area contributed by atoms with Gasteiger partial charge in [0, 0.05) is 37.9 Å². The lowest BCUT2D eigenvalue weighted by molar-refractivity contribution is 0.583. The molecule has 1 N–H and O–H groups in total.